The van der Waals surface area contributed by atoms with Crippen molar-refractivity contribution in [2.45, 2.75) is 39.1 Å². The van der Waals surface area contributed by atoms with Crippen LogP contribution in [0.3, 0.4) is 0 Å². The topological polar surface area (TPSA) is 167 Å². The predicted octanol–water partition coefficient (Wildman–Crippen LogP) is 1.26. The van der Waals surface area contributed by atoms with Gasteiger partial charge in [-0.25, -0.2) is 14.4 Å². The first-order valence-electron chi connectivity index (χ1n) is 11.8. The number of rotatable bonds is 18. The molecule has 0 aliphatic heterocycles. The van der Waals surface area contributed by atoms with Gasteiger partial charge in [-0.05, 0) is 20.8 Å². The lowest BCUT2D eigenvalue weighted by molar-refractivity contribution is -0.143. The lowest BCUT2D eigenvalue weighted by Crippen LogP contribution is -2.26. The number of benzene rings is 1. The van der Waals surface area contributed by atoms with E-state index in [0.29, 0.717) is 0 Å². The monoisotopic (exact) mass is 552 g/mol. The Morgan fingerprint density at radius 2 is 0.795 bits per heavy atom. The van der Waals surface area contributed by atoms with Crippen LogP contribution < -0.4 is 14.2 Å². The van der Waals surface area contributed by atoms with Gasteiger partial charge in [0.15, 0.2) is 0 Å². The van der Waals surface area contributed by atoms with E-state index in [1.807, 2.05) is 0 Å². The first-order chi connectivity index (χ1) is 18.3. The molecule has 1 rings (SSSR count). The second kappa shape index (κ2) is 16.9. The summed E-state index contributed by atoms with van der Waals surface area (Å²) in [5.41, 5.74) is 0.550. The van der Waals surface area contributed by atoms with Crippen LogP contribution in [0.4, 0.5) is 0 Å². The van der Waals surface area contributed by atoms with E-state index in [1.54, 1.807) is 0 Å². The smallest absolute Gasteiger partial charge is 0.333 e. The molecule has 216 valence electrons. The second-order valence-electron chi connectivity index (χ2n) is 8.67. The second-order valence-corrected chi connectivity index (χ2v) is 8.67. The van der Waals surface area contributed by atoms with E-state index in [0.717, 1.165) is 0 Å². The molecule has 3 N–H and O–H groups in total. The van der Waals surface area contributed by atoms with Crippen LogP contribution in [0.25, 0.3) is 0 Å². The lowest BCUT2D eigenvalue weighted by Gasteiger charge is -2.17. The average molecular weight is 553 g/mol. The Balaban J connectivity index is 2.83. The standard InChI is InChI=1S/C27H36O12/c1-16(2)25(31)37-13-19(28)10-34-22-7-23(35-11-20(29)14-38-26(32)17(3)4)9-24(8-22)36-12-21(30)15-39-27(33)18(5)6/h7-9,19-21,28-30H,1,3,5,10-15H2,2,4,6H3. The van der Waals surface area contributed by atoms with Gasteiger partial charge in [0.1, 0.15) is 75.2 Å². The van der Waals surface area contributed by atoms with Crippen LogP contribution in [0.2, 0.25) is 0 Å². The van der Waals surface area contributed by atoms with Crippen molar-refractivity contribution in [2.24, 2.45) is 0 Å². The van der Waals surface area contributed by atoms with E-state index < -0.39 is 36.2 Å². The molecule has 0 bridgehead atoms. The molecule has 0 saturated carbocycles. The molecule has 0 radical (unpaired) electrons. The summed E-state index contributed by atoms with van der Waals surface area (Å²) in [6, 6.07) is 4.32. The van der Waals surface area contributed by atoms with Crippen molar-refractivity contribution in [3.05, 3.63) is 54.7 Å². The molecule has 0 amide bonds. The van der Waals surface area contributed by atoms with Gasteiger partial charge in [0.2, 0.25) is 0 Å². The number of esters is 3. The number of carbonyl (C=O) groups excluding carboxylic acids is 3. The molecule has 0 saturated heterocycles. The van der Waals surface area contributed by atoms with Crippen molar-refractivity contribution in [3.8, 4) is 17.2 Å². The highest BCUT2D eigenvalue weighted by Gasteiger charge is 2.15. The summed E-state index contributed by atoms with van der Waals surface area (Å²) < 4.78 is 31.3. The number of carbonyl (C=O) groups is 3. The quantitative estimate of drug-likeness (QED) is 0.136. The van der Waals surface area contributed by atoms with Gasteiger partial charge in [0.05, 0.1) is 0 Å². The summed E-state index contributed by atoms with van der Waals surface area (Å²) in [6.07, 6.45) is -3.47. The zero-order valence-electron chi connectivity index (χ0n) is 22.3. The maximum absolute atomic E-state index is 11.5. The van der Waals surface area contributed by atoms with E-state index in [2.05, 4.69) is 19.7 Å². The Morgan fingerprint density at radius 1 is 0.564 bits per heavy atom. The number of aliphatic hydroxyl groups is 3. The molecule has 1 aromatic rings. The van der Waals surface area contributed by atoms with Crippen LogP contribution in [0.5, 0.6) is 17.2 Å². The molecule has 0 aliphatic carbocycles. The third-order valence-corrected chi connectivity index (χ3v) is 4.45. The largest absolute Gasteiger partial charge is 0.490 e. The van der Waals surface area contributed by atoms with Gasteiger partial charge < -0.3 is 43.7 Å². The first-order valence-corrected chi connectivity index (χ1v) is 11.8. The molecule has 3 unspecified atom stereocenters. The molecule has 0 aromatic heterocycles. The van der Waals surface area contributed by atoms with Crippen LogP contribution in [0.1, 0.15) is 20.8 Å². The molecule has 12 nitrogen and oxygen atoms in total. The van der Waals surface area contributed by atoms with Gasteiger partial charge in [-0.15, -0.1) is 0 Å². The Bertz CT molecular complexity index is 891. The van der Waals surface area contributed by atoms with Crippen LogP contribution in [0.15, 0.2) is 54.7 Å². The Kier molecular flexibility index (Phi) is 14.3. The molecule has 0 heterocycles. The third-order valence-electron chi connectivity index (χ3n) is 4.45. The van der Waals surface area contributed by atoms with Crippen molar-refractivity contribution in [3.63, 3.8) is 0 Å². The van der Waals surface area contributed by atoms with Crippen LogP contribution in [-0.4, -0.2) is 91.2 Å². The highest BCUT2D eigenvalue weighted by atomic mass is 16.6. The highest BCUT2D eigenvalue weighted by molar-refractivity contribution is 5.87. The number of hydrogen-bond donors (Lipinski definition) is 3. The van der Waals surface area contributed by atoms with Gasteiger partial charge >= 0.3 is 17.9 Å². The van der Waals surface area contributed by atoms with Crippen molar-refractivity contribution < 1.29 is 58.1 Å². The Labute approximate surface area is 227 Å². The minimum atomic E-state index is -1.16. The molecule has 3 atom stereocenters. The van der Waals surface area contributed by atoms with Gasteiger partial charge in [-0.3, -0.25) is 0 Å². The molecule has 0 aliphatic rings. The minimum Gasteiger partial charge on any atom is -0.490 e. The van der Waals surface area contributed by atoms with Crippen molar-refractivity contribution in [1.29, 1.82) is 0 Å². The predicted molar refractivity (Wildman–Crippen MR) is 138 cm³/mol. The summed E-state index contributed by atoms with van der Waals surface area (Å²) >= 11 is 0. The fourth-order valence-corrected chi connectivity index (χ4v) is 2.40. The molecule has 1 aromatic carbocycles. The molecule has 0 fully saturated rings. The Morgan fingerprint density at radius 3 is 1.00 bits per heavy atom. The number of ether oxygens (including phenoxy) is 6. The Hall–Kier alpha value is -3.87. The number of aliphatic hydroxyl groups excluding tert-OH is 3. The van der Waals surface area contributed by atoms with E-state index in [4.69, 9.17) is 28.4 Å². The van der Waals surface area contributed by atoms with E-state index >= 15 is 0 Å². The fraction of sp³-hybridized carbons (Fsp3) is 0.444. The molecular formula is C27H36O12. The summed E-state index contributed by atoms with van der Waals surface area (Å²) in [7, 11) is 0. The van der Waals surface area contributed by atoms with Crippen molar-refractivity contribution in [2.75, 3.05) is 39.6 Å². The van der Waals surface area contributed by atoms with Crippen LogP contribution in [0, 0.1) is 0 Å². The van der Waals surface area contributed by atoms with Gasteiger partial charge in [-0.2, -0.15) is 0 Å². The zero-order valence-corrected chi connectivity index (χ0v) is 22.3. The van der Waals surface area contributed by atoms with Gasteiger partial charge in [0.25, 0.3) is 0 Å². The van der Waals surface area contributed by atoms with Crippen LogP contribution in [-0.2, 0) is 28.6 Å². The molecule has 12 heteroatoms. The first kappa shape index (κ1) is 33.2. The maximum Gasteiger partial charge on any atom is 0.333 e. The molecular weight excluding hydrogens is 516 g/mol. The number of hydrogen-bond acceptors (Lipinski definition) is 12. The van der Waals surface area contributed by atoms with E-state index in [1.165, 1.54) is 39.0 Å². The van der Waals surface area contributed by atoms with E-state index in [9.17, 15) is 29.7 Å². The summed E-state index contributed by atoms with van der Waals surface area (Å²) in [5, 5.41) is 30.2. The van der Waals surface area contributed by atoms with Crippen molar-refractivity contribution in [1.82, 2.24) is 0 Å². The SMILES string of the molecule is C=C(C)C(=O)OCC(O)COc1cc(OCC(O)COC(=O)C(=C)C)cc(OCC(O)COC(=O)C(=C)C)c1. The zero-order chi connectivity index (χ0) is 29.5. The van der Waals surface area contributed by atoms with Crippen molar-refractivity contribution >= 4 is 17.9 Å². The molecule has 0 spiro atoms. The normalized spacial score (nSPS) is 12.8. The summed E-state index contributed by atoms with van der Waals surface area (Å²) in [5.74, 6) is -1.42. The minimum absolute atomic E-state index is 0.180. The summed E-state index contributed by atoms with van der Waals surface area (Å²) in [6.45, 7) is 13.0. The third kappa shape index (κ3) is 14.0. The van der Waals surface area contributed by atoms with E-state index in [-0.39, 0.29) is 73.6 Å². The fourth-order valence-electron chi connectivity index (χ4n) is 2.40. The van der Waals surface area contributed by atoms with Gasteiger partial charge in [-0.1, -0.05) is 19.7 Å². The summed E-state index contributed by atoms with van der Waals surface area (Å²) in [4.78, 5) is 34.5. The highest BCUT2D eigenvalue weighted by Crippen LogP contribution is 2.28. The lowest BCUT2D eigenvalue weighted by atomic mass is 10.3. The average Bonchev–Trinajstić information content (AvgIpc) is 2.89. The van der Waals surface area contributed by atoms with Gasteiger partial charge in [0, 0.05) is 34.9 Å². The molecule has 39 heavy (non-hydrogen) atoms. The maximum atomic E-state index is 11.5. The van der Waals surface area contributed by atoms with Crippen LogP contribution >= 0.6 is 0 Å².